The quantitative estimate of drug-likeness (QED) is 0.782. The SMILES string of the molecule is CCCNC(=O)C(C)NC(=O)Nc1ccc(F)c(Cl)c1. The number of carbonyl (C=O) groups is 2. The molecule has 0 aliphatic heterocycles. The lowest BCUT2D eigenvalue weighted by Gasteiger charge is -2.14. The second-order valence-corrected chi connectivity index (χ2v) is 4.65. The van der Waals surface area contributed by atoms with E-state index < -0.39 is 17.9 Å². The first-order valence-corrected chi connectivity index (χ1v) is 6.62. The van der Waals surface area contributed by atoms with Crippen LogP contribution in [0.2, 0.25) is 5.02 Å². The maximum atomic E-state index is 13.0. The number of nitrogens with one attached hydrogen (secondary N) is 3. The lowest BCUT2D eigenvalue weighted by atomic mass is 10.3. The van der Waals surface area contributed by atoms with E-state index in [1.54, 1.807) is 6.92 Å². The molecule has 110 valence electrons. The molecule has 0 aliphatic carbocycles. The number of hydrogen-bond donors (Lipinski definition) is 3. The van der Waals surface area contributed by atoms with Crippen LogP contribution in [-0.2, 0) is 4.79 Å². The molecule has 0 aromatic heterocycles. The van der Waals surface area contributed by atoms with Crippen LogP contribution < -0.4 is 16.0 Å². The summed E-state index contributed by atoms with van der Waals surface area (Å²) >= 11 is 5.60. The molecule has 0 fully saturated rings. The highest BCUT2D eigenvalue weighted by Gasteiger charge is 2.15. The lowest BCUT2D eigenvalue weighted by Crippen LogP contribution is -2.46. The minimum absolute atomic E-state index is 0.0865. The van der Waals surface area contributed by atoms with Crippen LogP contribution in [0.5, 0.6) is 0 Å². The van der Waals surface area contributed by atoms with Gasteiger partial charge in [-0.3, -0.25) is 4.79 Å². The van der Waals surface area contributed by atoms with Crippen molar-refractivity contribution in [2.45, 2.75) is 26.3 Å². The Labute approximate surface area is 121 Å². The molecule has 0 spiro atoms. The smallest absolute Gasteiger partial charge is 0.319 e. The first-order chi connectivity index (χ1) is 9.43. The van der Waals surface area contributed by atoms with Gasteiger partial charge in [-0.1, -0.05) is 18.5 Å². The van der Waals surface area contributed by atoms with E-state index in [0.29, 0.717) is 12.2 Å². The molecular formula is C13H17ClFN3O2. The number of anilines is 1. The summed E-state index contributed by atoms with van der Waals surface area (Å²) in [6, 6.07) is 2.58. The minimum atomic E-state index is -0.669. The minimum Gasteiger partial charge on any atom is -0.354 e. The number of benzene rings is 1. The lowest BCUT2D eigenvalue weighted by molar-refractivity contribution is -0.122. The molecule has 5 nitrogen and oxygen atoms in total. The van der Waals surface area contributed by atoms with Crippen LogP contribution in [-0.4, -0.2) is 24.5 Å². The highest BCUT2D eigenvalue weighted by molar-refractivity contribution is 6.31. The number of carbonyl (C=O) groups excluding carboxylic acids is 2. The Morgan fingerprint density at radius 2 is 2.10 bits per heavy atom. The van der Waals surface area contributed by atoms with Crippen molar-refractivity contribution in [2.75, 3.05) is 11.9 Å². The zero-order valence-electron chi connectivity index (χ0n) is 11.3. The number of urea groups is 1. The number of amides is 3. The summed E-state index contributed by atoms with van der Waals surface area (Å²) in [4.78, 5) is 23.2. The fourth-order valence-corrected chi connectivity index (χ4v) is 1.59. The summed E-state index contributed by atoms with van der Waals surface area (Å²) in [7, 11) is 0. The van der Waals surface area contributed by atoms with Gasteiger partial charge in [-0.05, 0) is 31.5 Å². The summed E-state index contributed by atoms with van der Waals surface area (Å²) in [5.74, 6) is -0.830. The van der Waals surface area contributed by atoms with Gasteiger partial charge in [0.05, 0.1) is 5.02 Å². The van der Waals surface area contributed by atoms with Gasteiger partial charge in [-0.15, -0.1) is 0 Å². The van der Waals surface area contributed by atoms with E-state index in [-0.39, 0.29) is 10.9 Å². The Bertz CT molecular complexity index is 497. The number of rotatable bonds is 5. The topological polar surface area (TPSA) is 70.2 Å². The van der Waals surface area contributed by atoms with E-state index in [1.165, 1.54) is 12.1 Å². The van der Waals surface area contributed by atoms with Crippen molar-refractivity contribution in [1.82, 2.24) is 10.6 Å². The zero-order chi connectivity index (χ0) is 15.1. The van der Waals surface area contributed by atoms with Crippen molar-refractivity contribution in [1.29, 1.82) is 0 Å². The Kier molecular flexibility index (Phi) is 6.24. The third-order valence-electron chi connectivity index (χ3n) is 2.47. The van der Waals surface area contributed by atoms with Crippen molar-refractivity contribution in [2.24, 2.45) is 0 Å². The average Bonchev–Trinajstić information content (AvgIpc) is 2.40. The number of hydrogen-bond acceptors (Lipinski definition) is 2. The van der Waals surface area contributed by atoms with Crippen molar-refractivity contribution in [3.8, 4) is 0 Å². The molecule has 3 N–H and O–H groups in total. The summed E-state index contributed by atoms with van der Waals surface area (Å²) in [6.45, 7) is 4.06. The molecule has 20 heavy (non-hydrogen) atoms. The first-order valence-electron chi connectivity index (χ1n) is 6.24. The van der Waals surface area contributed by atoms with Crippen molar-refractivity contribution >= 4 is 29.2 Å². The van der Waals surface area contributed by atoms with Crippen LogP contribution in [0.25, 0.3) is 0 Å². The predicted molar refractivity (Wildman–Crippen MR) is 76.3 cm³/mol. The maximum absolute atomic E-state index is 13.0. The Morgan fingerprint density at radius 1 is 1.40 bits per heavy atom. The second kappa shape index (κ2) is 7.69. The molecule has 1 atom stereocenters. The van der Waals surface area contributed by atoms with Crippen LogP contribution in [0.1, 0.15) is 20.3 Å². The Hall–Kier alpha value is -1.82. The molecule has 0 radical (unpaired) electrons. The Balaban J connectivity index is 2.50. The molecule has 1 rings (SSSR count). The summed E-state index contributed by atoms with van der Waals surface area (Å²) in [5, 5.41) is 7.52. The molecular weight excluding hydrogens is 285 g/mol. The van der Waals surface area contributed by atoms with E-state index in [2.05, 4.69) is 16.0 Å². The fourth-order valence-electron chi connectivity index (χ4n) is 1.40. The van der Waals surface area contributed by atoms with Crippen LogP contribution in [0.15, 0.2) is 18.2 Å². The van der Waals surface area contributed by atoms with E-state index in [4.69, 9.17) is 11.6 Å². The molecule has 1 aromatic rings. The molecule has 1 unspecified atom stereocenters. The maximum Gasteiger partial charge on any atom is 0.319 e. The van der Waals surface area contributed by atoms with Gasteiger partial charge in [0.1, 0.15) is 11.9 Å². The third-order valence-corrected chi connectivity index (χ3v) is 2.76. The van der Waals surface area contributed by atoms with Gasteiger partial charge in [-0.2, -0.15) is 0 Å². The van der Waals surface area contributed by atoms with Crippen LogP contribution >= 0.6 is 11.6 Å². The van der Waals surface area contributed by atoms with Gasteiger partial charge in [0.15, 0.2) is 0 Å². The molecule has 1 aromatic carbocycles. The van der Waals surface area contributed by atoms with Crippen molar-refractivity contribution in [3.05, 3.63) is 29.0 Å². The predicted octanol–water partition coefficient (Wildman–Crippen LogP) is 2.52. The van der Waals surface area contributed by atoms with Crippen molar-refractivity contribution < 1.29 is 14.0 Å². The summed E-state index contributed by atoms with van der Waals surface area (Å²) in [6.07, 6.45) is 0.818. The monoisotopic (exact) mass is 301 g/mol. The van der Waals surface area contributed by atoms with Gasteiger partial charge in [0.25, 0.3) is 0 Å². The molecule has 3 amide bonds. The van der Waals surface area contributed by atoms with Gasteiger partial charge in [0, 0.05) is 12.2 Å². The fraction of sp³-hybridized carbons (Fsp3) is 0.385. The van der Waals surface area contributed by atoms with E-state index in [1.807, 2.05) is 6.92 Å². The van der Waals surface area contributed by atoms with Gasteiger partial charge in [-0.25, -0.2) is 9.18 Å². The largest absolute Gasteiger partial charge is 0.354 e. The second-order valence-electron chi connectivity index (χ2n) is 4.24. The van der Waals surface area contributed by atoms with E-state index >= 15 is 0 Å². The molecule has 0 saturated carbocycles. The molecule has 0 saturated heterocycles. The highest BCUT2D eigenvalue weighted by atomic mass is 35.5. The average molecular weight is 302 g/mol. The first kappa shape index (κ1) is 16.2. The van der Waals surface area contributed by atoms with Crippen LogP contribution in [0.4, 0.5) is 14.9 Å². The standard InChI is InChI=1S/C13H17ClFN3O2/c1-3-6-16-12(19)8(2)17-13(20)18-9-4-5-11(15)10(14)7-9/h4-5,7-8H,3,6H2,1-2H3,(H,16,19)(H2,17,18,20). The third kappa shape index (κ3) is 5.05. The summed E-state index contributed by atoms with van der Waals surface area (Å²) in [5.41, 5.74) is 0.343. The normalized spacial score (nSPS) is 11.6. The Morgan fingerprint density at radius 3 is 2.70 bits per heavy atom. The molecule has 0 aliphatic rings. The van der Waals surface area contributed by atoms with Crippen LogP contribution in [0, 0.1) is 5.82 Å². The molecule has 0 bridgehead atoms. The molecule has 7 heteroatoms. The highest BCUT2D eigenvalue weighted by Crippen LogP contribution is 2.19. The van der Waals surface area contributed by atoms with Gasteiger partial charge < -0.3 is 16.0 Å². The van der Waals surface area contributed by atoms with Gasteiger partial charge in [0.2, 0.25) is 5.91 Å². The van der Waals surface area contributed by atoms with E-state index in [0.717, 1.165) is 12.5 Å². The van der Waals surface area contributed by atoms with Gasteiger partial charge >= 0.3 is 6.03 Å². The number of halogens is 2. The molecule has 0 heterocycles. The van der Waals surface area contributed by atoms with Crippen LogP contribution in [0.3, 0.4) is 0 Å². The zero-order valence-corrected chi connectivity index (χ0v) is 12.1. The summed E-state index contributed by atoms with van der Waals surface area (Å²) < 4.78 is 13.0. The van der Waals surface area contributed by atoms with Crippen molar-refractivity contribution in [3.63, 3.8) is 0 Å². The van der Waals surface area contributed by atoms with E-state index in [9.17, 15) is 14.0 Å².